The number of nitrogens with zero attached hydrogens (tertiary/aromatic N) is 1. The maximum absolute atomic E-state index is 13.4. The monoisotopic (exact) mass is 516 g/mol. The Morgan fingerprint density at radius 3 is 2.17 bits per heavy atom. The van der Waals surface area contributed by atoms with Crippen LogP contribution in [0.4, 0.5) is 5.69 Å². The van der Waals surface area contributed by atoms with Crippen molar-refractivity contribution in [3.63, 3.8) is 0 Å². The summed E-state index contributed by atoms with van der Waals surface area (Å²) in [5.41, 5.74) is 1.48. The average molecular weight is 517 g/mol. The van der Waals surface area contributed by atoms with E-state index < -0.39 is 15.9 Å². The number of hydrogen-bond donors (Lipinski definition) is 1. The van der Waals surface area contributed by atoms with E-state index in [-0.39, 0.29) is 11.4 Å². The SMILES string of the molecule is CCOc1ccc(N(CC(=O)NCCCc2ccc(OC)cc2)S(=O)(=O)c2ccc(Cl)cc2)cc1. The van der Waals surface area contributed by atoms with Gasteiger partial charge in [-0.1, -0.05) is 23.7 Å². The van der Waals surface area contributed by atoms with Crippen LogP contribution in [-0.2, 0) is 21.2 Å². The van der Waals surface area contributed by atoms with Gasteiger partial charge in [-0.05, 0) is 86.0 Å². The summed E-state index contributed by atoms with van der Waals surface area (Å²) in [5, 5.41) is 3.25. The van der Waals surface area contributed by atoms with Gasteiger partial charge in [0, 0.05) is 11.6 Å². The van der Waals surface area contributed by atoms with Crippen LogP contribution in [0.5, 0.6) is 11.5 Å². The molecule has 0 heterocycles. The largest absolute Gasteiger partial charge is 0.497 e. The fraction of sp³-hybridized carbons (Fsp3) is 0.269. The van der Waals surface area contributed by atoms with E-state index in [1.54, 1.807) is 31.4 Å². The van der Waals surface area contributed by atoms with Gasteiger partial charge in [-0.15, -0.1) is 0 Å². The smallest absolute Gasteiger partial charge is 0.264 e. The lowest BCUT2D eigenvalue weighted by molar-refractivity contribution is -0.119. The van der Waals surface area contributed by atoms with Crippen molar-refractivity contribution in [2.24, 2.45) is 0 Å². The number of rotatable bonds is 12. The van der Waals surface area contributed by atoms with E-state index in [4.69, 9.17) is 21.1 Å². The number of amides is 1. The number of sulfonamides is 1. The molecule has 0 saturated heterocycles. The number of hydrogen-bond acceptors (Lipinski definition) is 5. The zero-order valence-electron chi connectivity index (χ0n) is 19.7. The van der Waals surface area contributed by atoms with Crippen molar-refractivity contribution in [1.29, 1.82) is 0 Å². The summed E-state index contributed by atoms with van der Waals surface area (Å²) >= 11 is 5.93. The van der Waals surface area contributed by atoms with Crippen LogP contribution in [0, 0.1) is 0 Å². The zero-order valence-corrected chi connectivity index (χ0v) is 21.3. The van der Waals surface area contributed by atoms with Crippen molar-refractivity contribution in [1.82, 2.24) is 5.32 Å². The van der Waals surface area contributed by atoms with Gasteiger partial charge in [-0.2, -0.15) is 0 Å². The lowest BCUT2D eigenvalue weighted by atomic mass is 10.1. The molecule has 1 N–H and O–H groups in total. The second kappa shape index (κ2) is 12.5. The van der Waals surface area contributed by atoms with E-state index in [0.29, 0.717) is 36.0 Å². The first-order valence-electron chi connectivity index (χ1n) is 11.2. The van der Waals surface area contributed by atoms with Crippen molar-refractivity contribution < 1.29 is 22.7 Å². The molecule has 1 amide bonds. The van der Waals surface area contributed by atoms with Gasteiger partial charge < -0.3 is 14.8 Å². The predicted molar refractivity (Wildman–Crippen MR) is 138 cm³/mol. The van der Waals surface area contributed by atoms with Crippen LogP contribution in [0.2, 0.25) is 5.02 Å². The molecule has 3 aromatic rings. The second-order valence-electron chi connectivity index (χ2n) is 7.69. The van der Waals surface area contributed by atoms with Gasteiger partial charge in [0.2, 0.25) is 5.91 Å². The predicted octanol–water partition coefficient (Wildman–Crippen LogP) is 4.69. The number of methoxy groups -OCH3 is 1. The Bertz CT molecular complexity index is 1200. The third-order valence-corrected chi connectivity index (χ3v) is 7.29. The Hall–Kier alpha value is -3.23. The highest BCUT2D eigenvalue weighted by Gasteiger charge is 2.27. The molecule has 0 atom stereocenters. The molecule has 0 radical (unpaired) electrons. The van der Waals surface area contributed by atoms with E-state index >= 15 is 0 Å². The summed E-state index contributed by atoms with van der Waals surface area (Å²) in [6.07, 6.45) is 1.49. The fourth-order valence-electron chi connectivity index (χ4n) is 3.42. The third kappa shape index (κ3) is 7.37. The summed E-state index contributed by atoms with van der Waals surface area (Å²) < 4.78 is 38.5. The number of anilines is 1. The Kier molecular flexibility index (Phi) is 9.39. The van der Waals surface area contributed by atoms with Gasteiger partial charge in [0.1, 0.15) is 18.0 Å². The van der Waals surface area contributed by atoms with Crippen molar-refractivity contribution in [2.45, 2.75) is 24.7 Å². The Morgan fingerprint density at radius 2 is 1.57 bits per heavy atom. The first-order chi connectivity index (χ1) is 16.8. The van der Waals surface area contributed by atoms with Gasteiger partial charge in [-0.3, -0.25) is 9.10 Å². The minimum atomic E-state index is -4.01. The van der Waals surface area contributed by atoms with Crippen LogP contribution in [-0.4, -0.2) is 41.1 Å². The summed E-state index contributed by atoms with van der Waals surface area (Å²) in [7, 11) is -2.39. The highest BCUT2D eigenvalue weighted by atomic mass is 35.5. The van der Waals surface area contributed by atoms with Gasteiger partial charge in [0.25, 0.3) is 10.0 Å². The van der Waals surface area contributed by atoms with E-state index in [0.717, 1.165) is 22.0 Å². The number of nitrogens with one attached hydrogen (secondary N) is 1. The topological polar surface area (TPSA) is 84.9 Å². The van der Waals surface area contributed by atoms with E-state index in [2.05, 4.69) is 5.32 Å². The molecule has 7 nitrogen and oxygen atoms in total. The third-order valence-electron chi connectivity index (χ3n) is 5.25. The van der Waals surface area contributed by atoms with Gasteiger partial charge in [0.15, 0.2) is 0 Å². The second-order valence-corrected chi connectivity index (χ2v) is 9.99. The Morgan fingerprint density at radius 1 is 0.943 bits per heavy atom. The van der Waals surface area contributed by atoms with Gasteiger partial charge in [-0.25, -0.2) is 8.42 Å². The van der Waals surface area contributed by atoms with E-state index in [9.17, 15) is 13.2 Å². The van der Waals surface area contributed by atoms with Crippen LogP contribution >= 0.6 is 11.6 Å². The maximum atomic E-state index is 13.4. The molecule has 35 heavy (non-hydrogen) atoms. The number of ether oxygens (including phenoxy) is 2. The molecule has 0 fully saturated rings. The number of aryl methyl sites for hydroxylation is 1. The number of halogens is 1. The van der Waals surface area contributed by atoms with Crippen molar-refractivity contribution >= 4 is 33.2 Å². The Labute approximate surface area is 211 Å². The van der Waals surface area contributed by atoms with Crippen LogP contribution in [0.1, 0.15) is 18.9 Å². The molecule has 186 valence electrons. The fourth-order valence-corrected chi connectivity index (χ4v) is 4.97. The van der Waals surface area contributed by atoms with Crippen LogP contribution < -0.4 is 19.1 Å². The highest BCUT2D eigenvalue weighted by Crippen LogP contribution is 2.26. The molecular weight excluding hydrogens is 488 g/mol. The van der Waals surface area contributed by atoms with Gasteiger partial charge >= 0.3 is 0 Å². The standard InChI is InChI=1S/C26H29ClN2O5S/c1-3-34-24-14-10-22(11-15-24)29(35(31,32)25-16-8-21(27)9-17-25)19-26(30)28-18-4-5-20-6-12-23(33-2)13-7-20/h6-17H,3-5,18-19H2,1-2H3,(H,28,30). The molecular formula is C26H29ClN2O5S. The molecule has 9 heteroatoms. The summed E-state index contributed by atoms with van der Waals surface area (Å²) in [5.74, 6) is 1.01. The lowest BCUT2D eigenvalue weighted by Crippen LogP contribution is -2.41. The first kappa shape index (κ1) is 26.4. The van der Waals surface area contributed by atoms with E-state index in [1.165, 1.54) is 24.3 Å². The minimum Gasteiger partial charge on any atom is -0.497 e. The van der Waals surface area contributed by atoms with Crippen molar-refractivity contribution in [2.75, 3.05) is 31.1 Å². The van der Waals surface area contributed by atoms with Crippen LogP contribution in [0.15, 0.2) is 77.7 Å². The normalized spacial score (nSPS) is 11.1. The molecule has 0 aliphatic carbocycles. The molecule has 0 bridgehead atoms. The molecule has 0 aromatic heterocycles. The van der Waals surface area contributed by atoms with Crippen LogP contribution in [0.3, 0.4) is 0 Å². The summed E-state index contributed by atoms with van der Waals surface area (Å²) in [6, 6.07) is 20.2. The molecule has 3 aromatic carbocycles. The number of carbonyl (C=O) groups is 1. The van der Waals surface area contributed by atoms with Crippen LogP contribution in [0.25, 0.3) is 0 Å². The first-order valence-corrected chi connectivity index (χ1v) is 13.1. The summed E-state index contributed by atoms with van der Waals surface area (Å²) in [6.45, 7) is 2.42. The minimum absolute atomic E-state index is 0.0445. The zero-order chi connectivity index (χ0) is 25.3. The molecule has 0 unspecified atom stereocenters. The quantitative estimate of drug-likeness (QED) is 0.353. The number of benzene rings is 3. The average Bonchev–Trinajstić information content (AvgIpc) is 2.86. The van der Waals surface area contributed by atoms with Crippen molar-refractivity contribution in [3.05, 3.63) is 83.4 Å². The maximum Gasteiger partial charge on any atom is 0.264 e. The van der Waals surface area contributed by atoms with E-state index in [1.807, 2.05) is 31.2 Å². The molecule has 3 rings (SSSR count). The molecule has 0 spiro atoms. The highest BCUT2D eigenvalue weighted by molar-refractivity contribution is 7.92. The molecule has 0 aliphatic heterocycles. The summed E-state index contributed by atoms with van der Waals surface area (Å²) in [4.78, 5) is 12.8. The Balaban J connectivity index is 1.69. The van der Waals surface area contributed by atoms with Gasteiger partial charge in [0.05, 0.1) is 24.3 Å². The number of carbonyl (C=O) groups excluding carboxylic acids is 1. The molecule has 0 aliphatic rings. The van der Waals surface area contributed by atoms with Crippen molar-refractivity contribution in [3.8, 4) is 11.5 Å². The lowest BCUT2D eigenvalue weighted by Gasteiger charge is -2.24. The molecule has 0 saturated carbocycles.